The normalized spacial score (nSPS) is 16.5. The molecule has 0 spiro atoms. The molecule has 0 aliphatic heterocycles. The van der Waals surface area contributed by atoms with Gasteiger partial charge in [0.2, 0.25) is 0 Å². The number of aliphatic hydroxyl groups is 4. The van der Waals surface area contributed by atoms with E-state index < -0.39 is 29.7 Å². The highest BCUT2D eigenvalue weighted by molar-refractivity contribution is 4.86. The molecule has 0 amide bonds. The summed E-state index contributed by atoms with van der Waals surface area (Å²) in [5, 5.41) is 37.0. The molecule has 0 saturated carbocycles. The van der Waals surface area contributed by atoms with Crippen LogP contribution in [0.15, 0.2) is 21.9 Å². The van der Waals surface area contributed by atoms with Gasteiger partial charge in [-0.3, -0.25) is 14.3 Å². The minimum Gasteiger partial charge on any atom is -0.396 e. The molecule has 1 aromatic heterocycles. The summed E-state index contributed by atoms with van der Waals surface area (Å²) in [4.78, 5) is 23.9. The topological polar surface area (TPSA) is 136 Å². The number of aliphatic hydroxyl groups excluding tert-OH is 4. The zero-order chi connectivity index (χ0) is 13.0. The smallest absolute Gasteiger partial charge is 0.330 e. The number of H-pyrrole nitrogens is 1. The fourth-order valence-corrected chi connectivity index (χ4v) is 1.30. The molecule has 0 aliphatic carbocycles. The summed E-state index contributed by atoms with van der Waals surface area (Å²) in [5.74, 6) is 0. The molecule has 1 aromatic rings. The van der Waals surface area contributed by atoms with Crippen molar-refractivity contribution in [3.63, 3.8) is 0 Å². The Morgan fingerprint density at radius 2 is 1.94 bits per heavy atom. The van der Waals surface area contributed by atoms with Crippen molar-refractivity contribution in [3.8, 4) is 0 Å². The molecule has 1 unspecified atom stereocenters. The lowest BCUT2D eigenvalue weighted by molar-refractivity contribution is -0.0975. The van der Waals surface area contributed by atoms with Crippen LogP contribution in [0.4, 0.5) is 0 Å². The van der Waals surface area contributed by atoms with E-state index in [-0.39, 0.29) is 13.0 Å². The minimum atomic E-state index is -1.71. The van der Waals surface area contributed by atoms with Crippen LogP contribution >= 0.6 is 0 Å². The van der Waals surface area contributed by atoms with E-state index >= 15 is 0 Å². The van der Waals surface area contributed by atoms with Gasteiger partial charge in [0, 0.05) is 18.9 Å². The van der Waals surface area contributed by atoms with Crippen molar-refractivity contribution in [2.45, 2.75) is 24.9 Å². The molecule has 5 N–H and O–H groups in total. The summed E-state index contributed by atoms with van der Waals surface area (Å²) in [7, 11) is 0. The van der Waals surface area contributed by atoms with Crippen molar-refractivity contribution < 1.29 is 20.4 Å². The summed E-state index contributed by atoms with van der Waals surface area (Å²) in [6.07, 6.45) is -3.88. The van der Waals surface area contributed by atoms with Gasteiger partial charge in [-0.1, -0.05) is 0 Å². The number of rotatable bonds is 5. The number of hydrogen-bond donors (Lipinski definition) is 5. The average molecular weight is 246 g/mol. The molecule has 0 fully saturated rings. The lowest BCUT2D eigenvalue weighted by Gasteiger charge is -2.23. The van der Waals surface area contributed by atoms with Crippen LogP contribution < -0.4 is 11.2 Å². The van der Waals surface area contributed by atoms with Gasteiger partial charge in [-0.25, -0.2) is 4.79 Å². The van der Waals surface area contributed by atoms with E-state index in [1.54, 1.807) is 0 Å². The molecule has 8 heteroatoms. The van der Waals surface area contributed by atoms with Crippen molar-refractivity contribution in [1.82, 2.24) is 9.55 Å². The van der Waals surface area contributed by atoms with Gasteiger partial charge in [0.15, 0.2) is 6.23 Å². The summed E-state index contributed by atoms with van der Waals surface area (Å²) in [5.41, 5.74) is -1.54. The highest BCUT2D eigenvalue weighted by Crippen LogP contribution is 2.10. The second kappa shape index (κ2) is 5.73. The number of aromatic amines is 1. The Kier molecular flexibility index (Phi) is 4.58. The third kappa shape index (κ3) is 3.24. The molecule has 0 saturated heterocycles. The van der Waals surface area contributed by atoms with Crippen LogP contribution in [0.25, 0.3) is 0 Å². The average Bonchev–Trinajstić information content (AvgIpc) is 2.27. The maximum absolute atomic E-state index is 11.3. The number of aromatic nitrogens is 2. The van der Waals surface area contributed by atoms with E-state index in [4.69, 9.17) is 5.11 Å². The first kappa shape index (κ1) is 13.6. The van der Waals surface area contributed by atoms with E-state index in [9.17, 15) is 24.9 Å². The third-order valence-corrected chi connectivity index (χ3v) is 2.26. The Bertz CT molecular complexity index is 467. The predicted octanol–water partition coefficient (Wildman–Crippen LogP) is -2.87. The second-order valence-corrected chi connectivity index (χ2v) is 3.50. The van der Waals surface area contributed by atoms with Crippen LogP contribution in [0.5, 0.6) is 0 Å². The van der Waals surface area contributed by atoms with Crippen molar-refractivity contribution in [2.24, 2.45) is 0 Å². The van der Waals surface area contributed by atoms with E-state index in [0.29, 0.717) is 4.57 Å². The van der Waals surface area contributed by atoms with Crippen LogP contribution in [-0.4, -0.2) is 48.8 Å². The van der Waals surface area contributed by atoms with Crippen LogP contribution in [0, 0.1) is 0 Å². The van der Waals surface area contributed by atoms with Crippen molar-refractivity contribution in [2.75, 3.05) is 6.61 Å². The first-order valence-corrected chi connectivity index (χ1v) is 4.94. The Morgan fingerprint density at radius 1 is 1.29 bits per heavy atom. The van der Waals surface area contributed by atoms with Crippen molar-refractivity contribution in [1.29, 1.82) is 0 Å². The van der Waals surface area contributed by atoms with Gasteiger partial charge in [0.1, 0.15) is 6.10 Å². The molecular weight excluding hydrogens is 232 g/mol. The predicted molar refractivity (Wildman–Crippen MR) is 56.3 cm³/mol. The summed E-state index contributed by atoms with van der Waals surface area (Å²) < 4.78 is 0.673. The molecule has 1 rings (SSSR count). The largest absolute Gasteiger partial charge is 0.396 e. The van der Waals surface area contributed by atoms with Gasteiger partial charge in [0.25, 0.3) is 5.56 Å². The van der Waals surface area contributed by atoms with Crippen LogP contribution in [0.2, 0.25) is 0 Å². The maximum atomic E-state index is 11.3. The SMILES string of the molecule is O=c1ccn(C(O)[C@H](O)[C@@H](O)CCO)c(=O)[nH]1. The van der Waals surface area contributed by atoms with E-state index in [2.05, 4.69) is 0 Å². The van der Waals surface area contributed by atoms with Gasteiger partial charge < -0.3 is 20.4 Å². The highest BCUT2D eigenvalue weighted by Gasteiger charge is 2.26. The number of nitrogens with zero attached hydrogens (tertiary/aromatic N) is 1. The molecule has 0 aliphatic rings. The highest BCUT2D eigenvalue weighted by atomic mass is 16.4. The molecular formula is C9H14N2O6. The summed E-state index contributed by atoms with van der Waals surface area (Å²) in [6, 6.07) is 0.996. The monoisotopic (exact) mass is 246 g/mol. The zero-order valence-electron chi connectivity index (χ0n) is 8.85. The van der Waals surface area contributed by atoms with Gasteiger partial charge in [-0.15, -0.1) is 0 Å². The minimum absolute atomic E-state index is 0.143. The molecule has 17 heavy (non-hydrogen) atoms. The molecule has 96 valence electrons. The number of hydrogen-bond acceptors (Lipinski definition) is 6. The summed E-state index contributed by atoms with van der Waals surface area (Å²) >= 11 is 0. The lowest BCUT2D eigenvalue weighted by Crippen LogP contribution is -2.41. The Balaban J connectivity index is 2.92. The Morgan fingerprint density at radius 3 is 2.47 bits per heavy atom. The summed E-state index contributed by atoms with van der Waals surface area (Å²) in [6.45, 7) is -0.370. The second-order valence-electron chi connectivity index (χ2n) is 3.50. The van der Waals surface area contributed by atoms with Crippen LogP contribution in [-0.2, 0) is 0 Å². The molecule has 8 nitrogen and oxygen atoms in total. The molecule has 0 aromatic carbocycles. The number of nitrogens with one attached hydrogen (secondary N) is 1. The van der Waals surface area contributed by atoms with E-state index in [1.165, 1.54) is 0 Å². The van der Waals surface area contributed by atoms with Crippen molar-refractivity contribution in [3.05, 3.63) is 33.1 Å². The zero-order valence-corrected chi connectivity index (χ0v) is 8.85. The first-order chi connectivity index (χ1) is 7.97. The van der Waals surface area contributed by atoms with E-state index in [0.717, 1.165) is 12.3 Å². The third-order valence-electron chi connectivity index (χ3n) is 2.26. The fourth-order valence-electron chi connectivity index (χ4n) is 1.30. The van der Waals surface area contributed by atoms with Gasteiger partial charge in [0.05, 0.1) is 6.10 Å². The van der Waals surface area contributed by atoms with Crippen LogP contribution in [0.3, 0.4) is 0 Å². The molecule has 0 bridgehead atoms. The molecule has 3 atom stereocenters. The maximum Gasteiger partial charge on any atom is 0.330 e. The van der Waals surface area contributed by atoms with Gasteiger partial charge in [-0.2, -0.15) is 0 Å². The molecule has 0 radical (unpaired) electrons. The Labute approximate surface area is 95.4 Å². The first-order valence-electron chi connectivity index (χ1n) is 4.94. The van der Waals surface area contributed by atoms with Crippen molar-refractivity contribution >= 4 is 0 Å². The van der Waals surface area contributed by atoms with Gasteiger partial charge in [-0.05, 0) is 6.42 Å². The Hall–Kier alpha value is -1.48. The van der Waals surface area contributed by atoms with Crippen LogP contribution in [0.1, 0.15) is 12.6 Å². The fraction of sp³-hybridized carbons (Fsp3) is 0.556. The van der Waals surface area contributed by atoms with E-state index in [1.807, 2.05) is 4.98 Å². The lowest BCUT2D eigenvalue weighted by atomic mass is 10.1. The molecule has 1 heterocycles. The van der Waals surface area contributed by atoms with Gasteiger partial charge >= 0.3 is 5.69 Å². The standard InChI is InChI=1S/C9H14N2O6/c12-4-2-5(13)7(15)8(16)11-3-1-6(14)10-9(11)17/h1,3,5,7-8,12-13,15-16H,2,4H2,(H,10,14,17)/t5-,7+,8?/m0/s1. The quantitative estimate of drug-likeness (QED) is 0.379.